The minimum Gasteiger partial charge on any atom is -0.485 e. The van der Waals surface area contributed by atoms with Gasteiger partial charge in [-0.3, -0.25) is 4.79 Å². The van der Waals surface area contributed by atoms with Gasteiger partial charge in [-0.05, 0) is 37.3 Å². The van der Waals surface area contributed by atoms with Gasteiger partial charge in [0.15, 0.2) is 5.78 Å². The number of ketones is 1. The molecule has 1 aromatic carbocycles. The van der Waals surface area contributed by atoms with E-state index < -0.39 is 0 Å². The molecule has 0 saturated heterocycles. The normalized spacial score (nSPS) is 9.78. The van der Waals surface area contributed by atoms with Gasteiger partial charge in [-0.2, -0.15) is 5.26 Å². The highest BCUT2D eigenvalue weighted by Crippen LogP contribution is 2.22. The van der Waals surface area contributed by atoms with Crippen LogP contribution >= 0.6 is 0 Å². The van der Waals surface area contributed by atoms with Crippen molar-refractivity contribution in [3.05, 3.63) is 53.5 Å². The van der Waals surface area contributed by atoms with E-state index >= 15 is 0 Å². The summed E-state index contributed by atoms with van der Waals surface area (Å²) in [5.41, 5.74) is 0.912. The van der Waals surface area contributed by atoms with Crippen LogP contribution in [-0.4, -0.2) is 5.78 Å². The minimum absolute atomic E-state index is 0.103. The van der Waals surface area contributed by atoms with Gasteiger partial charge in [0, 0.05) is 0 Å². The molecule has 0 saturated carbocycles. The maximum atomic E-state index is 11.4. The lowest BCUT2D eigenvalue weighted by Gasteiger charge is -2.08. The van der Waals surface area contributed by atoms with Crippen molar-refractivity contribution in [3.8, 4) is 11.8 Å². The van der Waals surface area contributed by atoms with Crippen molar-refractivity contribution in [2.75, 3.05) is 0 Å². The van der Waals surface area contributed by atoms with E-state index in [1.54, 1.807) is 36.6 Å². The van der Waals surface area contributed by atoms with Crippen molar-refractivity contribution in [3.63, 3.8) is 0 Å². The Morgan fingerprint density at radius 3 is 2.89 bits per heavy atom. The molecule has 0 unspecified atom stereocenters. The van der Waals surface area contributed by atoms with Gasteiger partial charge in [0.2, 0.25) is 0 Å². The van der Waals surface area contributed by atoms with Crippen LogP contribution in [-0.2, 0) is 6.61 Å². The summed E-state index contributed by atoms with van der Waals surface area (Å²) in [5, 5.41) is 8.83. The summed E-state index contributed by atoms with van der Waals surface area (Å²) < 4.78 is 10.7. The average Bonchev–Trinajstić information content (AvgIpc) is 2.88. The summed E-state index contributed by atoms with van der Waals surface area (Å²) >= 11 is 0. The monoisotopic (exact) mass is 241 g/mol. The maximum absolute atomic E-state index is 11.4. The number of hydrogen-bond donors (Lipinski definition) is 0. The van der Waals surface area contributed by atoms with Gasteiger partial charge in [-0.15, -0.1) is 0 Å². The number of nitrogens with zero attached hydrogens (tertiary/aromatic N) is 1. The first-order valence-electron chi connectivity index (χ1n) is 5.41. The Labute approximate surface area is 104 Å². The van der Waals surface area contributed by atoms with Crippen molar-refractivity contribution in [2.24, 2.45) is 0 Å². The lowest BCUT2D eigenvalue weighted by Crippen LogP contribution is -2.01. The number of carbonyl (C=O) groups excluding carboxylic acids is 1. The van der Waals surface area contributed by atoms with Crippen LogP contribution in [0.1, 0.15) is 28.6 Å². The van der Waals surface area contributed by atoms with E-state index in [9.17, 15) is 4.79 Å². The van der Waals surface area contributed by atoms with Crippen LogP contribution in [0, 0.1) is 11.3 Å². The van der Waals surface area contributed by atoms with Gasteiger partial charge in [0.1, 0.15) is 18.1 Å². The van der Waals surface area contributed by atoms with Crippen molar-refractivity contribution in [2.45, 2.75) is 13.5 Å². The van der Waals surface area contributed by atoms with E-state index in [1.165, 1.54) is 6.92 Å². The van der Waals surface area contributed by atoms with Gasteiger partial charge in [0.25, 0.3) is 0 Å². The third kappa shape index (κ3) is 2.58. The lowest BCUT2D eigenvalue weighted by atomic mass is 10.1. The molecule has 2 rings (SSSR count). The third-order valence-electron chi connectivity index (χ3n) is 2.44. The smallest absolute Gasteiger partial charge is 0.163 e. The number of Topliss-reactive ketones (excluding diaryl/α,β-unsaturated/α-hetero) is 1. The Bertz CT molecular complexity index is 594. The molecule has 0 spiro atoms. The van der Waals surface area contributed by atoms with E-state index in [0.29, 0.717) is 22.6 Å². The zero-order chi connectivity index (χ0) is 13.0. The summed E-state index contributed by atoms with van der Waals surface area (Å²) in [6.45, 7) is 1.68. The molecule has 0 radical (unpaired) electrons. The van der Waals surface area contributed by atoms with E-state index in [-0.39, 0.29) is 12.4 Å². The highest BCUT2D eigenvalue weighted by molar-refractivity contribution is 5.97. The Kier molecular flexibility index (Phi) is 3.44. The molecule has 4 nitrogen and oxygen atoms in total. The van der Waals surface area contributed by atoms with Crippen LogP contribution < -0.4 is 4.74 Å². The number of nitriles is 1. The van der Waals surface area contributed by atoms with E-state index in [1.807, 2.05) is 6.07 Å². The molecule has 18 heavy (non-hydrogen) atoms. The van der Waals surface area contributed by atoms with E-state index in [2.05, 4.69) is 0 Å². The molecule has 0 aliphatic rings. The predicted octanol–water partition coefficient (Wildman–Crippen LogP) is 2.93. The highest BCUT2D eigenvalue weighted by atomic mass is 16.5. The second kappa shape index (κ2) is 5.19. The first-order valence-corrected chi connectivity index (χ1v) is 5.41. The van der Waals surface area contributed by atoms with Gasteiger partial charge in [-0.25, -0.2) is 0 Å². The zero-order valence-corrected chi connectivity index (χ0v) is 9.84. The van der Waals surface area contributed by atoms with Crippen molar-refractivity contribution >= 4 is 5.78 Å². The number of carbonyl (C=O) groups is 1. The van der Waals surface area contributed by atoms with Crippen molar-refractivity contribution < 1.29 is 13.9 Å². The molecule has 0 amide bonds. The van der Waals surface area contributed by atoms with Gasteiger partial charge in [0.05, 0.1) is 23.5 Å². The molecule has 4 heteroatoms. The minimum atomic E-state index is -0.103. The first kappa shape index (κ1) is 11.9. The fourth-order valence-corrected chi connectivity index (χ4v) is 1.55. The quantitative estimate of drug-likeness (QED) is 0.772. The number of rotatable bonds is 4. The van der Waals surface area contributed by atoms with Crippen LogP contribution in [0.15, 0.2) is 41.0 Å². The maximum Gasteiger partial charge on any atom is 0.163 e. The van der Waals surface area contributed by atoms with Crippen LogP contribution in [0.3, 0.4) is 0 Å². The SMILES string of the molecule is CC(=O)c1ccc(C#N)cc1OCc1ccco1. The van der Waals surface area contributed by atoms with Gasteiger partial charge >= 0.3 is 0 Å². The number of ether oxygens (including phenoxy) is 1. The number of benzene rings is 1. The van der Waals surface area contributed by atoms with Crippen LogP contribution in [0.25, 0.3) is 0 Å². The molecule has 0 N–H and O–H groups in total. The third-order valence-corrected chi connectivity index (χ3v) is 2.44. The molecule has 1 heterocycles. The summed E-state index contributed by atoms with van der Waals surface area (Å²) in [4.78, 5) is 11.4. The average molecular weight is 241 g/mol. The zero-order valence-electron chi connectivity index (χ0n) is 9.84. The standard InChI is InChI=1S/C14H11NO3/c1-10(16)13-5-4-11(8-15)7-14(13)18-9-12-3-2-6-17-12/h2-7H,9H2,1H3. The predicted molar refractivity (Wildman–Crippen MR) is 64.2 cm³/mol. The molecular weight excluding hydrogens is 230 g/mol. The highest BCUT2D eigenvalue weighted by Gasteiger charge is 2.10. The summed E-state index contributed by atoms with van der Waals surface area (Å²) in [7, 11) is 0. The Morgan fingerprint density at radius 1 is 1.44 bits per heavy atom. The van der Waals surface area contributed by atoms with Crippen molar-refractivity contribution in [1.29, 1.82) is 5.26 Å². The van der Waals surface area contributed by atoms with Crippen LogP contribution in [0.5, 0.6) is 5.75 Å². The molecular formula is C14H11NO3. The Balaban J connectivity index is 2.24. The Hall–Kier alpha value is -2.54. The number of hydrogen-bond acceptors (Lipinski definition) is 4. The summed E-state index contributed by atoms with van der Waals surface area (Å²) in [5.74, 6) is 0.957. The Morgan fingerprint density at radius 2 is 2.28 bits per heavy atom. The van der Waals surface area contributed by atoms with E-state index in [4.69, 9.17) is 14.4 Å². The molecule has 90 valence electrons. The number of furan rings is 1. The van der Waals surface area contributed by atoms with Gasteiger partial charge < -0.3 is 9.15 Å². The molecule has 2 aromatic rings. The summed E-state index contributed by atoms with van der Waals surface area (Å²) in [6.07, 6.45) is 1.55. The first-order chi connectivity index (χ1) is 8.70. The van der Waals surface area contributed by atoms with Crippen LogP contribution in [0.2, 0.25) is 0 Å². The van der Waals surface area contributed by atoms with E-state index in [0.717, 1.165) is 0 Å². The fraction of sp³-hybridized carbons (Fsp3) is 0.143. The molecule has 0 bridgehead atoms. The molecule has 0 aliphatic heterocycles. The largest absolute Gasteiger partial charge is 0.485 e. The second-order valence-corrected chi connectivity index (χ2v) is 3.75. The molecule has 0 atom stereocenters. The fourth-order valence-electron chi connectivity index (χ4n) is 1.55. The topological polar surface area (TPSA) is 63.2 Å². The molecule has 1 aromatic heterocycles. The lowest BCUT2D eigenvalue weighted by molar-refractivity contribution is 0.101. The summed E-state index contributed by atoms with van der Waals surface area (Å²) in [6, 6.07) is 10.3. The molecule has 0 aliphatic carbocycles. The second-order valence-electron chi connectivity index (χ2n) is 3.75. The molecule has 0 fully saturated rings. The van der Waals surface area contributed by atoms with Crippen molar-refractivity contribution in [1.82, 2.24) is 0 Å². The van der Waals surface area contributed by atoms with Gasteiger partial charge in [-0.1, -0.05) is 0 Å². The van der Waals surface area contributed by atoms with Crippen LogP contribution in [0.4, 0.5) is 0 Å².